The Labute approximate surface area is 113 Å². The molecule has 0 saturated carbocycles. The predicted octanol–water partition coefficient (Wildman–Crippen LogP) is 1.42. The van der Waals surface area contributed by atoms with E-state index in [2.05, 4.69) is 15.3 Å². The number of nitrogens with one attached hydrogen (secondary N) is 1. The van der Waals surface area contributed by atoms with Gasteiger partial charge in [0.15, 0.2) is 5.82 Å². The second kappa shape index (κ2) is 5.48. The quantitative estimate of drug-likeness (QED) is 0.903. The summed E-state index contributed by atoms with van der Waals surface area (Å²) in [6, 6.07) is 0. The second-order valence-corrected chi connectivity index (χ2v) is 5.17. The lowest BCUT2D eigenvalue weighted by molar-refractivity contribution is 0.373. The van der Waals surface area contributed by atoms with Gasteiger partial charge in [-0.25, -0.2) is 9.97 Å². The fourth-order valence-corrected chi connectivity index (χ4v) is 2.62. The first-order valence-corrected chi connectivity index (χ1v) is 6.82. The molecule has 0 aromatic carbocycles. The first kappa shape index (κ1) is 12.3. The molecule has 0 radical (unpaired) electrons. The van der Waals surface area contributed by atoms with Gasteiger partial charge in [0.05, 0.1) is 11.9 Å². The number of piperidine rings is 1. The van der Waals surface area contributed by atoms with E-state index in [-0.39, 0.29) is 0 Å². The van der Waals surface area contributed by atoms with Crippen LogP contribution in [0.1, 0.15) is 18.5 Å². The lowest BCUT2D eigenvalue weighted by Crippen LogP contribution is -2.31. The summed E-state index contributed by atoms with van der Waals surface area (Å²) in [6.07, 6.45) is 10.9. The zero-order valence-corrected chi connectivity index (χ0v) is 11.2. The molecule has 3 rings (SSSR count). The van der Waals surface area contributed by atoms with Crippen LogP contribution in [-0.4, -0.2) is 32.6 Å². The molecule has 0 bridgehead atoms. The molecule has 0 spiro atoms. The number of aryl methyl sites for hydroxylation is 1. The van der Waals surface area contributed by atoms with Crippen molar-refractivity contribution in [2.75, 3.05) is 13.1 Å². The lowest BCUT2D eigenvalue weighted by Gasteiger charge is -2.22. The molecule has 1 aliphatic heterocycles. The molecule has 100 valence electrons. The molecule has 2 aromatic heterocycles. The number of hydrogen-bond donors (Lipinski definition) is 1. The van der Waals surface area contributed by atoms with E-state index >= 15 is 0 Å². The number of nitrogens with zero attached hydrogens (tertiary/aromatic N) is 4. The number of imidazole rings is 1. The Bertz CT molecular complexity index is 542. The molecule has 1 atom stereocenters. The summed E-state index contributed by atoms with van der Waals surface area (Å²) in [4.78, 5) is 13.3. The van der Waals surface area contributed by atoms with Gasteiger partial charge < -0.3 is 9.88 Å². The van der Waals surface area contributed by atoms with Gasteiger partial charge >= 0.3 is 0 Å². The number of rotatable bonds is 3. The van der Waals surface area contributed by atoms with Gasteiger partial charge in [0.2, 0.25) is 0 Å². The molecule has 2 aromatic rings. The topological polar surface area (TPSA) is 55.6 Å². The van der Waals surface area contributed by atoms with Crippen LogP contribution >= 0.6 is 0 Å². The van der Waals surface area contributed by atoms with Crippen molar-refractivity contribution in [1.29, 1.82) is 0 Å². The first-order valence-electron chi connectivity index (χ1n) is 6.82. The largest absolute Gasteiger partial charge is 0.333 e. The average molecular weight is 257 g/mol. The minimum atomic E-state index is 0.680. The zero-order valence-electron chi connectivity index (χ0n) is 11.2. The molecule has 1 unspecified atom stereocenters. The van der Waals surface area contributed by atoms with Crippen molar-refractivity contribution in [3.8, 4) is 11.5 Å². The van der Waals surface area contributed by atoms with Gasteiger partial charge in [0, 0.05) is 25.6 Å². The maximum absolute atomic E-state index is 4.70. The van der Waals surface area contributed by atoms with Crippen molar-refractivity contribution in [2.24, 2.45) is 13.0 Å². The van der Waals surface area contributed by atoms with E-state index in [4.69, 9.17) is 4.98 Å². The molecule has 1 aliphatic rings. The first-order chi connectivity index (χ1) is 9.33. The Morgan fingerprint density at radius 3 is 3.11 bits per heavy atom. The van der Waals surface area contributed by atoms with Crippen molar-refractivity contribution >= 4 is 0 Å². The Balaban J connectivity index is 1.78. The molecule has 1 saturated heterocycles. The third-order valence-corrected chi connectivity index (χ3v) is 3.63. The summed E-state index contributed by atoms with van der Waals surface area (Å²) >= 11 is 0. The Kier molecular flexibility index (Phi) is 3.55. The van der Waals surface area contributed by atoms with Crippen LogP contribution < -0.4 is 5.32 Å². The predicted molar refractivity (Wildman–Crippen MR) is 73.5 cm³/mol. The van der Waals surface area contributed by atoms with Crippen LogP contribution in [-0.2, 0) is 13.5 Å². The van der Waals surface area contributed by atoms with Crippen molar-refractivity contribution in [3.63, 3.8) is 0 Å². The smallest absolute Gasteiger partial charge is 0.159 e. The summed E-state index contributed by atoms with van der Waals surface area (Å²) in [7, 11) is 1.97. The highest BCUT2D eigenvalue weighted by Crippen LogP contribution is 2.17. The van der Waals surface area contributed by atoms with Crippen LogP contribution in [0.3, 0.4) is 0 Å². The zero-order chi connectivity index (χ0) is 13.1. The fourth-order valence-electron chi connectivity index (χ4n) is 2.62. The molecule has 3 heterocycles. The molecule has 5 nitrogen and oxygen atoms in total. The van der Waals surface area contributed by atoms with E-state index in [9.17, 15) is 0 Å². The van der Waals surface area contributed by atoms with E-state index in [0.717, 1.165) is 36.7 Å². The minimum Gasteiger partial charge on any atom is -0.333 e. The standard InChI is InChI=1S/C14H19N5/c1-19-6-5-17-14(19)13-10-16-9-12(18-13)7-11-3-2-4-15-8-11/h5-6,9-11,15H,2-4,7-8H2,1H3. The van der Waals surface area contributed by atoms with Gasteiger partial charge in [-0.05, 0) is 38.3 Å². The third-order valence-electron chi connectivity index (χ3n) is 3.63. The maximum atomic E-state index is 4.70. The van der Waals surface area contributed by atoms with Crippen LogP contribution in [0.2, 0.25) is 0 Å². The van der Waals surface area contributed by atoms with Gasteiger partial charge in [-0.1, -0.05) is 0 Å². The summed E-state index contributed by atoms with van der Waals surface area (Å²) in [5.74, 6) is 1.55. The summed E-state index contributed by atoms with van der Waals surface area (Å²) in [6.45, 7) is 2.24. The Morgan fingerprint density at radius 1 is 1.42 bits per heavy atom. The summed E-state index contributed by atoms with van der Waals surface area (Å²) < 4.78 is 1.97. The SMILES string of the molecule is Cn1ccnc1-c1cncc(CC2CCCNC2)n1. The van der Waals surface area contributed by atoms with E-state index in [1.165, 1.54) is 12.8 Å². The van der Waals surface area contributed by atoms with Gasteiger partial charge in [-0.2, -0.15) is 0 Å². The molecule has 1 N–H and O–H groups in total. The highest BCUT2D eigenvalue weighted by Gasteiger charge is 2.15. The van der Waals surface area contributed by atoms with Gasteiger partial charge in [-0.3, -0.25) is 4.98 Å². The third kappa shape index (κ3) is 2.81. The number of hydrogen-bond acceptors (Lipinski definition) is 4. The van der Waals surface area contributed by atoms with Crippen LogP contribution in [0.5, 0.6) is 0 Å². The van der Waals surface area contributed by atoms with Crippen molar-refractivity contribution < 1.29 is 0 Å². The van der Waals surface area contributed by atoms with Crippen LogP contribution in [0.25, 0.3) is 11.5 Å². The monoisotopic (exact) mass is 257 g/mol. The molecule has 19 heavy (non-hydrogen) atoms. The molecule has 0 amide bonds. The Hall–Kier alpha value is -1.75. The van der Waals surface area contributed by atoms with E-state index in [0.29, 0.717) is 5.92 Å². The number of aromatic nitrogens is 4. The van der Waals surface area contributed by atoms with Crippen molar-refractivity contribution in [3.05, 3.63) is 30.5 Å². The summed E-state index contributed by atoms with van der Waals surface area (Å²) in [5.41, 5.74) is 1.92. The normalized spacial score (nSPS) is 19.5. The van der Waals surface area contributed by atoms with Crippen LogP contribution in [0.15, 0.2) is 24.8 Å². The van der Waals surface area contributed by atoms with Crippen LogP contribution in [0.4, 0.5) is 0 Å². The highest BCUT2D eigenvalue weighted by molar-refractivity contribution is 5.47. The molecule has 0 aliphatic carbocycles. The average Bonchev–Trinajstić information content (AvgIpc) is 2.86. The molecular formula is C14H19N5. The lowest BCUT2D eigenvalue weighted by atomic mass is 9.95. The summed E-state index contributed by atoms with van der Waals surface area (Å²) in [5, 5.41) is 3.44. The molecular weight excluding hydrogens is 238 g/mol. The van der Waals surface area contributed by atoms with Crippen LogP contribution in [0, 0.1) is 5.92 Å². The van der Waals surface area contributed by atoms with Gasteiger partial charge in [0.1, 0.15) is 5.69 Å². The van der Waals surface area contributed by atoms with Crippen molar-refractivity contribution in [2.45, 2.75) is 19.3 Å². The highest BCUT2D eigenvalue weighted by atomic mass is 15.1. The van der Waals surface area contributed by atoms with E-state index in [1.54, 1.807) is 12.4 Å². The fraction of sp³-hybridized carbons (Fsp3) is 0.500. The van der Waals surface area contributed by atoms with Gasteiger partial charge in [-0.15, -0.1) is 0 Å². The van der Waals surface area contributed by atoms with Crippen molar-refractivity contribution in [1.82, 2.24) is 24.8 Å². The molecule has 5 heteroatoms. The molecule has 1 fully saturated rings. The minimum absolute atomic E-state index is 0.680. The van der Waals surface area contributed by atoms with E-state index < -0.39 is 0 Å². The second-order valence-electron chi connectivity index (χ2n) is 5.17. The van der Waals surface area contributed by atoms with Gasteiger partial charge in [0.25, 0.3) is 0 Å². The van der Waals surface area contributed by atoms with E-state index in [1.807, 2.05) is 24.0 Å². The maximum Gasteiger partial charge on any atom is 0.159 e. The Morgan fingerprint density at radius 2 is 2.37 bits per heavy atom.